The lowest BCUT2D eigenvalue weighted by Crippen LogP contribution is -2.45. The number of aromatic nitrogens is 3. The highest BCUT2D eigenvalue weighted by molar-refractivity contribution is 5.98. The van der Waals surface area contributed by atoms with Crippen LogP contribution in [0.25, 0.3) is 17.0 Å². The van der Waals surface area contributed by atoms with Gasteiger partial charge in [-0.25, -0.2) is 4.79 Å². The quantitative estimate of drug-likeness (QED) is 0.396. The van der Waals surface area contributed by atoms with Crippen LogP contribution >= 0.6 is 0 Å². The Hall–Kier alpha value is -4.43. The van der Waals surface area contributed by atoms with Gasteiger partial charge < -0.3 is 14.2 Å². The highest BCUT2D eigenvalue weighted by atomic mass is 16.6. The first-order chi connectivity index (χ1) is 20.5. The number of piperidine rings is 1. The molecule has 3 aromatic rings. The number of aryl methyl sites for hydroxylation is 1. The van der Waals surface area contributed by atoms with Crippen molar-refractivity contribution in [3.8, 4) is 0 Å². The maximum atomic E-state index is 12.4. The average Bonchev–Trinajstić information content (AvgIpc) is 2.98. The molecule has 1 saturated heterocycles. The number of ether oxygens (including phenoxy) is 1. The summed E-state index contributed by atoms with van der Waals surface area (Å²) in [5.41, 5.74) is 2.82. The number of carbonyl (C=O) groups excluding carboxylic acids is 4. The van der Waals surface area contributed by atoms with Crippen LogP contribution in [0.1, 0.15) is 70.9 Å². The third-order valence-corrected chi connectivity index (χ3v) is 7.86. The number of hydrogen-bond acceptors (Lipinski definition) is 8. The Labute approximate surface area is 251 Å². The zero-order valence-electron chi connectivity index (χ0n) is 25.4. The molecule has 1 amide bonds. The molecule has 0 spiro atoms. The van der Waals surface area contributed by atoms with Gasteiger partial charge in [-0.05, 0) is 87.3 Å². The third-order valence-electron chi connectivity index (χ3n) is 7.86. The molecule has 2 aliphatic rings. The van der Waals surface area contributed by atoms with Gasteiger partial charge in [0.15, 0.2) is 5.78 Å². The fraction of sp³-hybridized carbons (Fsp3) is 0.455. The Balaban J connectivity index is 0.000000297. The number of pyridine rings is 3. The van der Waals surface area contributed by atoms with Crippen LogP contribution in [0.3, 0.4) is 0 Å². The number of hydrogen-bond donors (Lipinski definition) is 0. The normalized spacial score (nSPS) is 15.3. The van der Waals surface area contributed by atoms with Crippen molar-refractivity contribution in [1.82, 2.24) is 19.4 Å². The summed E-state index contributed by atoms with van der Waals surface area (Å²) >= 11 is 0. The van der Waals surface area contributed by atoms with E-state index in [0.29, 0.717) is 13.0 Å². The van der Waals surface area contributed by atoms with E-state index in [0.717, 1.165) is 67.2 Å². The van der Waals surface area contributed by atoms with Crippen LogP contribution in [-0.4, -0.2) is 56.2 Å². The maximum absolute atomic E-state index is 12.4. The van der Waals surface area contributed by atoms with Crippen molar-refractivity contribution in [1.29, 1.82) is 0 Å². The minimum Gasteiger partial charge on any atom is -0.444 e. The highest BCUT2D eigenvalue weighted by Crippen LogP contribution is 2.39. The van der Waals surface area contributed by atoms with E-state index in [-0.39, 0.29) is 29.0 Å². The van der Waals surface area contributed by atoms with Crippen LogP contribution in [0.15, 0.2) is 59.9 Å². The molecule has 0 aromatic carbocycles. The molecule has 0 unspecified atom stereocenters. The molecule has 10 nitrogen and oxygen atoms in total. The summed E-state index contributed by atoms with van der Waals surface area (Å²) in [7, 11) is 0. The number of fused-ring (bicyclic) bond motifs is 2. The minimum atomic E-state index is -0.461. The predicted octanol–water partition coefficient (Wildman–Crippen LogP) is 5.24. The lowest BCUT2D eigenvalue weighted by Gasteiger charge is -2.42. The Kier molecular flexibility index (Phi) is 11.7. The largest absolute Gasteiger partial charge is 0.444 e. The molecule has 1 fully saturated rings. The summed E-state index contributed by atoms with van der Waals surface area (Å²) in [4.78, 5) is 61.8. The summed E-state index contributed by atoms with van der Waals surface area (Å²) in [6, 6.07) is 7.34. The van der Waals surface area contributed by atoms with Crippen molar-refractivity contribution in [2.75, 3.05) is 13.1 Å². The number of carbonyl (C=O) groups is 2. The van der Waals surface area contributed by atoms with Gasteiger partial charge in [-0.1, -0.05) is 19.4 Å². The summed E-state index contributed by atoms with van der Waals surface area (Å²) in [6.07, 6.45) is 16.0. The van der Waals surface area contributed by atoms with Crippen molar-refractivity contribution in [3.05, 3.63) is 76.6 Å². The smallest absolute Gasteiger partial charge is 0.410 e. The predicted molar refractivity (Wildman–Crippen MR) is 162 cm³/mol. The Morgan fingerprint density at radius 3 is 2.35 bits per heavy atom. The molecular weight excluding hydrogens is 548 g/mol. The average molecular weight is 589 g/mol. The van der Waals surface area contributed by atoms with E-state index in [1.54, 1.807) is 36.9 Å². The van der Waals surface area contributed by atoms with E-state index in [2.05, 4.69) is 16.9 Å². The van der Waals surface area contributed by atoms with E-state index in [9.17, 15) is 14.4 Å². The van der Waals surface area contributed by atoms with Gasteiger partial charge in [-0.2, -0.15) is 9.59 Å². The Morgan fingerprint density at radius 1 is 1.00 bits per heavy atom. The van der Waals surface area contributed by atoms with Gasteiger partial charge in [0.2, 0.25) is 0 Å². The third kappa shape index (κ3) is 9.54. The molecule has 1 aliphatic heterocycles. The lowest BCUT2D eigenvalue weighted by molar-refractivity contribution is -0.191. The van der Waals surface area contributed by atoms with Crippen molar-refractivity contribution < 1.29 is 23.9 Å². The number of amides is 1. The van der Waals surface area contributed by atoms with Crippen LogP contribution in [0, 0.1) is 5.41 Å². The second kappa shape index (κ2) is 15.2. The van der Waals surface area contributed by atoms with Gasteiger partial charge in [0.05, 0.1) is 11.7 Å². The molecule has 4 heterocycles. The maximum Gasteiger partial charge on any atom is 0.410 e. The molecule has 10 heteroatoms. The molecule has 5 rings (SSSR count). The fourth-order valence-corrected chi connectivity index (χ4v) is 5.42. The van der Waals surface area contributed by atoms with Crippen LogP contribution in [0.2, 0.25) is 0 Å². The molecule has 228 valence electrons. The number of ketones is 1. The first kappa shape index (κ1) is 33.1. The summed E-state index contributed by atoms with van der Waals surface area (Å²) in [6.45, 7) is 10.1. The standard InChI is InChI=1S/C23H33N3O3.C9H7NO.CO2/c1-5-23(11-15-25(16-12-23)21(28)29-22(2,3)4)10-6-14-26-19-17-24-13-9-18(19)7-8-20(26)27;11-9-2-1-7-3-4-10-6-8(7)5-9;2-1-3/h7-9,13,17H,5-6,10-12,14-16H2,1-4H3;1-4,6H,5H2;. The fourth-order valence-electron chi connectivity index (χ4n) is 5.42. The van der Waals surface area contributed by atoms with Gasteiger partial charge in [0.1, 0.15) is 5.60 Å². The number of rotatable bonds is 5. The van der Waals surface area contributed by atoms with E-state index in [1.165, 1.54) is 0 Å². The number of likely N-dealkylation sites (tertiary alicyclic amines) is 1. The topological polar surface area (TPSA) is 129 Å². The van der Waals surface area contributed by atoms with Crippen molar-refractivity contribution in [3.63, 3.8) is 0 Å². The highest BCUT2D eigenvalue weighted by Gasteiger charge is 2.35. The van der Waals surface area contributed by atoms with Crippen molar-refractivity contribution >= 4 is 35.0 Å². The van der Waals surface area contributed by atoms with Gasteiger partial charge in [-0.15, -0.1) is 0 Å². The Bertz CT molecular complexity index is 1520. The van der Waals surface area contributed by atoms with E-state index in [1.807, 2.05) is 54.5 Å². The molecule has 43 heavy (non-hydrogen) atoms. The van der Waals surface area contributed by atoms with Crippen LogP contribution < -0.4 is 5.56 Å². The Morgan fingerprint density at radius 2 is 1.67 bits per heavy atom. The zero-order valence-corrected chi connectivity index (χ0v) is 25.4. The van der Waals surface area contributed by atoms with E-state index < -0.39 is 5.60 Å². The molecule has 0 saturated carbocycles. The first-order valence-corrected chi connectivity index (χ1v) is 14.6. The van der Waals surface area contributed by atoms with Gasteiger partial charge in [0.25, 0.3) is 5.56 Å². The molecule has 0 atom stereocenters. The summed E-state index contributed by atoms with van der Waals surface area (Å²) < 4.78 is 7.35. The second-order valence-corrected chi connectivity index (χ2v) is 11.8. The number of nitrogens with zero attached hydrogens (tertiary/aromatic N) is 4. The van der Waals surface area contributed by atoms with E-state index >= 15 is 0 Å². The molecular formula is C33H40N4O6. The van der Waals surface area contributed by atoms with E-state index in [4.69, 9.17) is 14.3 Å². The van der Waals surface area contributed by atoms with Crippen molar-refractivity contribution in [2.24, 2.45) is 5.41 Å². The van der Waals surface area contributed by atoms with Crippen molar-refractivity contribution in [2.45, 2.75) is 78.4 Å². The van der Waals surface area contributed by atoms with Crippen LogP contribution in [0.5, 0.6) is 0 Å². The van der Waals surface area contributed by atoms with Crippen LogP contribution in [-0.2, 0) is 32.1 Å². The van der Waals surface area contributed by atoms with Crippen LogP contribution in [0.4, 0.5) is 4.79 Å². The second-order valence-electron chi connectivity index (χ2n) is 11.8. The SMILES string of the molecule is CCC1(CCCn2c(=O)ccc3ccncc32)CCN(C(=O)OC(C)(C)C)CC1.O=C1C=Cc2ccncc2C1.O=C=O. The molecule has 0 bridgehead atoms. The summed E-state index contributed by atoms with van der Waals surface area (Å²) in [5.74, 6) is 0.158. The molecule has 0 radical (unpaired) electrons. The molecule has 3 aromatic heterocycles. The monoisotopic (exact) mass is 588 g/mol. The first-order valence-electron chi connectivity index (χ1n) is 14.6. The molecule has 1 aliphatic carbocycles. The van der Waals surface area contributed by atoms with Gasteiger partial charge in [0, 0.05) is 56.1 Å². The van der Waals surface area contributed by atoms with Gasteiger partial charge in [-0.3, -0.25) is 19.6 Å². The van der Waals surface area contributed by atoms with Gasteiger partial charge >= 0.3 is 12.2 Å². The minimum absolute atomic E-state index is 0.0239. The zero-order chi connectivity index (χ0) is 31.5. The summed E-state index contributed by atoms with van der Waals surface area (Å²) in [5, 5.41) is 1.04. The lowest BCUT2D eigenvalue weighted by atomic mass is 9.73. The number of allylic oxidation sites excluding steroid dienone is 1. The molecule has 0 N–H and O–H groups in total.